The van der Waals surface area contributed by atoms with E-state index < -0.39 is 10.0 Å². The summed E-state index contributed by atoms with van der Waals surface area (Å²) in [4.78, 5) is 20.8. The molecule has 162 valence electrons. The number of thiazole rings is 1. The van der Waals surface area contributed by atoms with Crippen LogP contribution in [0.2, 0.25) is 5.02 Å². The lowest BCUT2D eigenvalue weighted by Gasteiger charge is -2.37. The molecule has 2 aromatic carbocycles. The molecule has 0 aliphatic carbocycles. The summed E-state index contributed by atoms with van der Waals surface area (Å²) in [6, 6.07) is 15.0. The summed E-state index contributed by atoms with van der Waals surface area (Å²) in [5.41, 5.74) is 2.92. The Kier molecular flexibility index (Phi) is 5.78. The average molecular weight is 477 g/mol. The van der Waals surface area contributed by atoms with Crippen molar-refractivity contribution < 1.29 is 13.2 Å². The fourth-order valence-electron chi connectivity index (χ4n) is 3.62. The topological polar surface area (TPSA) is 96.6 Å². The van der Waals surface area contributed by atoms with E-state index in [0.717, 1.165) is 28.2 Å². The minimum atomic E-state index is -3.89. The van der Waals surface area contributed by atoms with Crippen molar-refractivity contribution in [3.05, 3.63) is 59.2 Å². The predicted octanol–water partition coefficient (Wildman–Crippen LogP) is 4.50. The molecule has 0 saturated carbocycles. The maximum absolute atomic E-state index is 13.3. The molecule has 2 heterocycles. The molecular weight excluding hydrogens is 456 g/mol. The lowest BCUT2D eigenvalue weighted by atomic mass is 10.0. The summed E-state index contributed by atoms with van der Waals surface area (Å²) in [7, 11) is -3.89. The number of amides is 2. The summed E-state index contributed by atoms with van der Waals surface area (Å²) >= 11 is 7.21. The molecule has 0 radical (unpaired) electrons. The Balaban J connectivity index is 1.64. The van der Waals surface area contributed by atoms with Crippen molar-refractivity contribution in [1.29, 1.82) is 0 Å². The van der Waals surface area contributed by atoms with E-state index in [1.165, 1.54) is 4.90 Å². The molecule has 1 aliphatic heterocycles. The van der Waals surface area contributed by atoms with Crippen molar-refractivity contribution in [2.45, 2.75) is 18.1 Å². The minimum Gasteiger partial charge on any atom is -0.294 e. The minimum absolute atomic E-state index is 0.0239. The average Bonchev–Trinajstić information content (AvgIpc) is 3.12. The van der Waals surface area contributed by atoms with Gasteiger partial charge in [-0.25, -0.2) is 23.3 Å². The number of primary sulfonamides is 1. The van der Waals surface area contributed by atoms with Gasteiger partial charge < -0.3 is 0 Å². The number of aromatic nitrogens is 1. The Labute approximate surface area is 190 Å². The first kappa shape index (κ1) is 21.8. The van der Waals surface area contributed by atoms with E-state index in [2.05, 4.69) is 4.98 Å². The zero-order chi connectivity index (χ0) is 22.3. The van der Waals surface area contributed by atoms with Crippen LogP contribution in [0.1, 0.15) is 12.6 Å². The van der Waals surface area contributed by atoms with Crippen LogP contribution in [0.15, 0.2) is 52.7 Å². The molecule has 2 amide bonds. The highest BCUT2D eigenvalue weighted by molar-refractivity contribution is 7.91. The van der Waals surface area contributed by atoms with Crippen LogP contribution in [-0.4, -0.2) is 32.5 Å². The van der Waals surface area contributed by atoms with Crippen LogP contribution in [0.4, 0.5) is 15.6 Å². The molecule has 0 spiro atoms. The van der Waals surface area contributed by atoms with Crippen LogP contribution in [-0.2, 0) is 10.0 Å². The molecule has 7 nitrogen and oxygen atoms in total. The van der Waals surface area contributed by atoms with E-state index in [1.807, 2.05) is 55.5 Å². The Morgan fingerprint density at radius 2 is 1.74 bits per heavy atom. The normalized spacial score (nSPS) is 17.3. The lowest BCUT2D eigenvalue weighted by Crippen LogP contribution is -2.53. The van der Waals surface area contributed by atoms with Crippen LogP contribution < -0.4 is 14.9 Å². The zero-order valence-electron chi connectivity index (χ0n) is 16.9. The van der Waals surface area contributed by atoms with Gasteiger partial charge in [-0.2, -0.15) is 0 Å². The number of carbonyl (C=O) groups excluding carboxylic acids is 1. The molecule has 2 N–H and O–H groups in total. The Morgan fingerprint density at radius 1 is 1.10 bits per heavy atom. The van der Waals surface area contributed by atoms with E-state index in [9.17, 15) is 13.2 Å². The molecule has 4 rings (SSSR count). The highest BCUT2D eigenvalue weighted by atomic mass is 35.5. The van der Waals surface area contributed by atoms with E-state index in [1.54, 1.807) is 11.8 Å². The molecule has 1 fully saturated rings. The van der Waals surface area contributed by atoms with Gasteiger partial charge in [0.15, 0.2) is 9.34 Å². The van der Waals surface area contributed by atoms with Gasteiger partial charge >= 0.3 is 6.03 Å². The second kappa shape index (κ2) is 8.23. The van der Waals surface area contributed by atoms with Crippen LogP contribution in [0.5, 0.6) is 0 Å². The van der Waals surface area contributed by atoms with Crippen molar-refractivity contribution in [3.8, 4) is 11.1 Å². The van der Waals surface area contributed by atoms with Gasteiger partial charge in [0.2, 0.25) is 10.0 Å². The molecule has 0 unspecified atom stereocenters. The second-order valence-corrected chi connectivity index (χ2v) is 10.7. The van der Waals surface area contributed by atoms with E-state index in [0.29, 0.717) is 28.9 Å². The Hall–Kier alpha value is -2.46. The van der Waals surface area contributed by atoms with E-state index in [-0.39, 0.29) is 16.2 Å². The number of sulfonamides is 1. The highest BCUT2D eigenvalue weighted by Gasteiger charge is 2.34. The third-order valence-electron chi connectivity index (χ3n) is 5.05. The quantitative estimate of drug-likeness (QED) is 0.599. The fraction of sp³-hybridized carbons (Fsp3) is 0.238. The van der Waals surface area contributed by atoms with Gasteiger partial charge in [-0.1, -0.05) is 60.2 Å². The number of urea groups is 1. The summed E-state index contributed by atoms with van der Waals surface area (Å²) in [5.74, 6) is 0.156. The third kappa shape index (κ3) is 4.31. The number of rotatable bonds is 4. The number of hydrogen-bond acceptors (Lipinski definition) is 5. The maximum atomic E-state index is 13.3. The van der Waals surface area contributed by atoms with Crippen molar-refractivity contribution in [1.82, 2.24) is 4.98 Å². The number of nitrogens with two attached hydrogens (primary N) is 1. The SMILES string of the molecule is Cc1nc(N2C[C@@H](C)CN(c3ccc(-c4ccccc4Cl)cc3)C2=O)sc1S(N)(=O)=O. The summed E-state index contributed by atoms with van der Waals surface area (Å²) in [6.07, 6.45) is 0. The van der Waals surface area contributed by atoms with Gasteiger partial charge in [0.05, 0.1) is 5.69 Å². The predicted molar refractivity (Wildman–Crippen MR) is 124 cm³/mol. The Bertz CT molecular complexity index is 1240. The molecule has 3 aromatic rings. The first-order chi connectivity index (χ1) is 14.6. The van der Waals surface area contributed by atoms with Crippen molar-refractivity contribution in [2.75, 3.05) is 22.9 Å². The monoisotopic (exact) mass is 476 g/mol. The number of nitrogens with zero attached hydrogens (tertiary/aromatic N) is 3. The lowest BCUT2D eigenvalue weighted by molar-refractivity contribution is 0.245. The van der Waals surface area contributed by atoms with Crippen LogP contribution in [0.3, 0.4) is 0 Å². The smallest absolute Gasteiger partial charge is 0.294 e. The van der Waals surface area contributed by atoms with Crippen LogP contribution in [0, 0.1) is 12.8 Å². The number of carbonyl (C=O) groups is 1. The number of hydrogen-bond donors (Lipinski definition) is 1. The number of halogens is 1. The van der Waals surface area contributed by atoms with Crippen molar-refractivity contribution in [3.63, 3.8) is 0 Å². The fourth-order valence-corrected chi connectivity index (χ4v) is 5.82. The molecule has 1 saturated heterocycles. The third-order valence-corrected chi connectivity index (χ3v) is 8.11. The number of anilines is 2. The Morgan fingerprint density at radius 3 is 2.35 bits per heavy atom. The molecule has 1 atom stereocenters. The van der Waals surface area contributed by atoms with Crippen molar-refractivity contribution >= 4 is 49.8 Å². The van der Waals surface area contributed by atoms with E-state index in [4.69, 9.17) is 16.7 Å². The summed E-state index contributed by atoms with van der Waals surface area (Å²) in [6.45, 7) is 4.60. The van der Waals surface area contributed by atoms with Gasteiger partial charge in [0, 0.05) is 29.4 Å². The molecule has 1 aliphatic rings. The van der Waals surface area contributed by atoms with Gasteiger partial charge in [0.25, 0.3) is 0 Å². The molecule has 0 bridgehead atoms. The zero-order valence-corrected chi connectivity index (χ0v) is 19.3. The van der Waals surface area contributed by atoms with Crippen molar-refractivity contribution in [2.24, 2.45) is 11.1 Å². The largest absolute Gasteiger partial charge is 0.330 e. The standard InChI is InChI=1S/C21H21ClN4O3S2/c1-13-11-25(16-9-7-15(8-10-16)17-5-3-4-6-18(17)22)21(27)26(12-13)20-24-14(2)19(30-20)31(23,28)29/h3-10,13H,11-12H2,1-2H3,(H2,23,28,29)/t13-/m0/s1. The molecule has 1 aromatic heterocycles. The van der Waals surface area contributed by atoms with Gasteiger partial charge in [0.1, 0.15) is 0 Å². The number of aryl methyl sites for hydroxylation is 1. The molecular formula is C21H21ClN4O3S2. The number of benzene rings is 2. The second-order valence-electron chi connectivity index (χ2n) is 7.55. The van der Waals surface area contributed by atoms with Crippen LogP contribution in [0.25, 0.3) is 11.1 Å². The van der Waals surface area contributed by atoms with Gasteiger partial charge in [-0.3, -0.25) is 9.80 Å². The molecule has 10 heteroatoms. The highest BCUT2D eigenvalue weighted by Crippen LogP contribution is 2.34. The summed E-state index contributed by atoms with van der Waals surface area (Å²) < 4.78 is 23.5. The van der Waals surface area contributed by atoms with Gasteiger partial charge in [-0.15, -0.1) is 0 Å². The first-order valence-electron chi connectivity index (χ1n) is 9.59. The maximum Gasteiger partial charge on any atom is 0.330 e. The van der Waals surface area contributed by atoms with Crippen LogP contribution >= 0.6 is 22.9 Å². The first-order valence-corrected chi connectivity index (χ1v) is 12.3. The summed E-state index contributed by atoms with van der Waals surface area (Å²) in [5, 5.41) is 6.26. The molecule has 31 heavy (non-hydrogen) atoms. The van der Waals surface area contributed by atoms with Gasteiger partial charge in [-0.05, 0) is 36.6 Å². The van der Waals surface area contributed by atoms with E-state index >= 15 is 0 Å².